The molecule has 2 aromatic carbocycles. The first-order chi connectivity index (χ1) is 12.5. The van der Waals surface area contributed by atoms with E-state index in [0.717, 1.165) is 22.9 Å². The van der Waals surface area contributed by atoms with Gasteiger partial charge in [-0.05, 0) is 37.1 Å². The highest BCUT2D eigenvalue weighted by atomic mass is 79.9. The first kappa shape index (κ1) is 18.8. The minimum Gasteiger partial charge on any atom is -0.267 e. The zero-order valence-electron chi connectivity index (χ0n) is 13.9. The van der Waals surface area contributed by atoms with Gasteiger partial charge >= 0.3 is 0 Å². The molecule has 0 unspecified atom stereocenters. The molecule has 1 N–H and O–H groups in total. The Labute approximate surface area is 161 Å². The van der Waals surface area contributed by atoms with E-state index in [-0.39, 0.29) is 10.5 Å². The second kappa shape index (κ2) is 8.11. The average Bonchev–Trinajstić information content (AvgIpc) is 3.19. The van der Waals surface area contributed by atoms with Crippen LogP contribution in [0.1, 0.15) is 28.8 Å². The van der Waals surface area contributed by atoms with Crippen LogP contribution in [0.25, 0.3) is 0 Å². The maximum atomic E-state index is 12.6. The highest BCUT2D eigenvalue weighted by molar-refractivity contribution is 9.10. The molecular weight excluding hydrogens is 418 g/mol. The van der Waals surface area contributed by atoms with Crippen LogP contribution < -0.4 is 5.43 Å². The highest BCUT2D eigenvalue weighted by Crippen LogP contribution is 2.21. The van der Waals surface area contributed by atoms with Crippen LogP contribution in [0.2, 0.25) is 0 Å². The Morgan fingerprint density at radius 1 is 1.12 bits per heavy atom. The Bertz CT molecular complexity index is 938. The number of carbonyl (C=O) groups excluding carboxylic acids is 1. The zero-order valence-corrected chi connectivity index (χ0v) is 16.3. The zero-order chi connectivity index (χ0) is 18.6. The van der Waals surface area contributed by atoms with Crippen molar-refractivity contribution >= 4 is 38.1 Å². The van der Waals surface area contributed by atoms with E-state index in [9.17, 15) is 13.2 Å². The van der Waals surface area contributed by atoms with E-state index in [2.05, 4.69) is 26.5 Å². The molecule has 136 valence electrons. The Morgan fingerprint density at radius 3 is 2.58 bits per heavy atom. The van der Waals surface area contributed by atoms with Crippen molar-refractivity contribution in [2.24, 2.45) is 5.10 Å². The van der Waals surface area contributed by atoms with Gasteiger partial charge < -0.3 is 0 Å². The van der Waals surface area contributed by atoms with Gasteiger partial charge in [-0.2, -0.15) is 9.41 Å². The number of hydrogen-bond donors (Lipinski definition) is 1. The molecule has 26 heavy (non-hydrogen) atoms. The molecular formula is C18H18BrN3O3S. The van der Waals surface area contributed by atoms with Gasteiger partial charge in [-0.25, -0.2) is 13.8 Å². The van der Waals surface area contributed by atoms with Crippen LogP contribution in [0, 0.1) is 0 Å². The summed E-state index contributed by atoms with van der Waals surface area (Å²) < 4.78 is 27.5. The molecule has 0 bridgehead atoms. The van der Waals surface area contributed by atoms with Crippen LogP contribution in [0.15, 0.2) is 63.0 Å². The fourth-order valence-electron chi connectivity index (χ4n) is 2.68. The summed E-state index contributed by atoms with van der Waals surface area (Å²) in [5.41, 5.74) is 3.49. The van der Waals surface area contributed by atoms with E-state index in [1.165, 1.54) is 22.7 Å². The van der Waals surface area contributed by atoms with Crippen molar-refractivity contribution < 1.29 is 13.2 Å². The Hall–Kier alpha value is -2.03. The summed E-state index contributed by atoms with van der Waals surface area (Å²) in [6.07, 6.45) is 3.25. The van der Waals surface area contributed by atoms with Gasteiger partial charge in [0.25, 0.3) is 5.91 Å². The number of hydrogen-bond acceptors (Lipinski definition) is 4. The van der Waals surface area contributed by atoms with E-state index in [0.29, 0.717) is 13.1 Å². The highest BCUT2D eigenvalue weighted by Gasteiger charge is 2.27. The van der Waals surface area contributed by atoms with Crippen LogP contribution in [0.3, 0.4) is 0 Å². The standard InChI is InChI=1S/C18H18BrN3O3S/c19-17-9-2-1-6-15(17)13-20-21-18(23)14-7-5-8-16(12-14)26(24,25)22-10-3-4-11-22/h1-2,5-9,12-13H,3-4,10-11H2,(H,21,23)/b20-13-. The number of hydrazone groups is 1. The molecule has 8 heteroatoms. The summed E-state index contributed by atoms with van der Waals surface area (Å²) in [6.45, 7) is 1.05. The SMILES string of the molecule is O=C(N/N=C\c1ccccc1Br)c1cccc(S(=O)(=O)N2CCCC2)c1. The molecule has 1 aliphatic rings. The summed E-state index contributed by atoms with van der Waals surface area (Å²) in [5.74, 6) is -0.466. The summed E-state index contributed by atoms with van der Waals surface area (Å²) >= 11 is 3.40. The number of nitrogens with one attached hydrogen (secondary N) is 1. The second-order valence-corrected chi connectivity index (χ2v) is 8.65. The van der Waals surface area contributed by atoms with Crippen LogP contribution >= 0.6 is 15.9 Å². The Balaban J connectivity index is 1.73. The van der Waals surface area contributed by atoms with Crippen molar-refractivity contribution in [1.82, 2.24) is 9.73 Å². The molecule has 3 rings (SSSR count). The topological polar surface area (TPSA) is 78.8 Å². The molecule has 0 saturated carbocycles. The minimum absolute atomic E-state index is 0.127. The first-order valence-electron chi connectivity index (χ1n) is 8.16. The van der Waals surface area contributed by atoms with Crippen molar-refractivity contribution in [3.63, 3.8) is 0 Å². The molecule has 6 nitrogen and oxygen atoms in total. The lowest BCUT2D eigenvalue weighted by molar-refractivity contribution is 0.0955. The van der Waals surface area contributed by atoms with Crippen LogP contribution in [-0.2, 0) is 10.0 Å². The fraction of sp³-hybridized carbons (Fsp3) is 0.222. The molecule has 1 heterocycles. The Kier molecular flexibility index (Phi) is 5.85. The van der Waals surface area contributed by atoms with Gasteiger partial charge in [0.15, 0.2) is 0 Å². The number of halogens is 1. The molecule has 0 aliphatic carbocycles. The number of rotatable bonds is 5. The van der Waals surface area contributed by atoms with Gasteiger partial charge in [-0.1, -0.05) is 40.2 Å². The largest absolute Gasteiger partial charge is 0.271 e. The predicted octanol–water partition coefficient (Wildman–Crippen LogP) is 3.00. The molecule has 1 fully saturated rings. The second-order valence-electron chi connectivity index (χ2n) is 5.86. The van der Waals surface area contributed by atoms with Crippen molar-refractivity contribution in [2.45, 2.75) is 17.7 Å². The van der Waals surface area contributed by atoms with Crippen LogP contribution in [0.4, 0.5) is 0 Å². The van der Waals surface area contributed by atoms with E-state index in [1.54, 1.807) is 12.1 Å². The van der Waals surface area contributed by atoms with Crippen molar-refractivity contribution in [3.05, 3.63) is 64.1 Å². The van der Waals surface area contributed by atoms with Crippen LogP contribution in [0.5, 0.6) is 0 Å². The number of amides is 1. The third-order valence-corrected chi connectivity index (χ3v) is 6.69. The van der Waals surface area contributed by atoms with Gasteiger partial charge in [0.2, 0.25) is 10.0 Å². The van der Waals surface area contributed by atoms with Gasteiger partial charge in [-0.15, -0.1) is 0 Å². The molecule has 0 spiro atoms. The summed E-state index contributed by atoms with van der Waals surface area (Å²) in [4.78, 5) is 12.4. The van der Waals surface area contributed by atoms with Gasteiger partial charge in [0.05, 0.1) is 11.1 Å². The van der Waals surface area contributed by atoms with Gasteiger partial charge in [0, 0.05) is 28.7 Å². The van der Waals surface area contributed by atoms with Gasteiger partial charge in [-0.3, -0.25) is 4.79 Å². The summed E-state index contributed by atoms with van der Waals surface area (Å²) in [5, 5.41) is 3.93. The predicted molar refractivity (Wildman–Crippen MR) is 104 cm³/mol. The lowest BCUT2D eigenvalue weighted by Gasteiger charge is -2.15. The number of sulfonamides is 1. The minimum atomic E-state index is -3.56. The van der Waals surface area contributed by atoms with E-state index in [1.807, 2.05) is 24.3 Å². The first-order valence-corrected chi connectivity index (χ1v) is 10.4. The third kappa shape index (κ3) is 4.20. The third-order valence-electron chi connectivity index (χ3n) is 4.07. The monoisotopic (exact) mass is 435 g/mol. The molecule has 1 amide bonds. The molecule has 1 saturated heterocycles. The van der Waals surface area contributed by atoms with E-state index >= 15 is 0 Å². The van der Waals surface area contributed by atoms with Gasteiger partial charge in [0.1, 0.15) is 0 Å². The number of benzene rings is 2. The maximum Gasteiger partial charge on any atom is 0.271 e. The number of carbonyl (C=O) groups is 1. The molecule has 2 aromatic rings. The smallest absolute Gasteiger partial charge is 0.267 e. The van der Waals surface area contributed by atoms with Crippen LogP contribution in [-0.4, -0.2) is 37.9 Å². The quantitative estimate of drug-likeness (QED) is 0.578. The maximum absolute atomic E-state index is 12.6. The summed E-state index contributed by atoms with van der Waals surface area (Å²) in [6, 6.07) is 13.5. The Morgan fingerprint density at radius 2 is 1.85 bits per heavy atom. The van der Waals surface area contributed by atoms with Crippen molar-refractivity contribution in [3.8, 4) is 0 Å². The van der Waals surface area contributed by atoms with E-state index < -0.39 is 15.9 Å². The van der Waals surface area contributed by atoms with Crippen molar-refractivity contribution in [2.75, 3.05) is 13.1 Å². The molecule has 0 atom stereocenters. The average molecular weight is 436 g/mol. The lowest BCUT2D eigenvalue weighted by Crippen LogP contribution is -2.28. The molecule has 1 aliphatic heterocycles. The fourth-order valence-corrected chi connectivity index (χ4v) is 4.63. The summed E-state index contributed by atoms with van der Waals surface area (Å²) in [7, 11) is -3.56. The lowest BCUT2D eigenvalue weighted by atomic mass is 10.2. The van der Waals surface area contributed by atoms with E-state index in [4.69, 9.17) is 0 Å². The molecule has 0 aromatic heterocycles. The molecule has 0 radical (unpaired) electrons. The number of nitrogens with zero attached hydrogens (tertiary/aromatic N) is 2. The normalized spacial score (nSPS) is 15.4. The van der Waals surface area contributed by atoms with Crippen molar-refractivity contribution in [1.29, 1.82) is 0 Å².